The first-order valence-corrected chi connectivity index (χ1v) is 8.24. The van der Waals surface area contributed by atoms with E-state index in [1.807, 2.05) is 6.07 Å². The fraction of sp³-hybridized carbons (Fsp3) is 0.588. The van der Waals surface area contributed by atoms with Crippen molar-refractivity contribution in [2.24, 2.45) is 5.92 Å². The highest BCUT2D eigenvalue weighted by atomic mass is 16.5. The lowest BCUT2D eigenvalue weighted by Gasteiger charge is -2.37. The molecule has 8 heteroatoms. The van der Waals surface area contributed by atoms with Crippen molar-refractivity contribution < 1.29 is 24.5 Å². The van der Waals surface area contributed by atoms with Gasteiger partial charge in [-0.25, -0.2) is 0 Å². The molecule has 2 aliphatic rings. The van der Waals surface area contributed by atoms with Crippen molar-refractivity contribution in [2.45, 2.75) is 38.8 Å². The van der Waals surface area contributed by atoms with Crippen LogP contribution in [0.4, 0.5) is 0 Å². The average molecular weight is 352 g/mol. The van der Waals surface area contributed by atoms with Crippen LogP contribution in [0.2, 0.25) is 0 Å². The van der Waals surface area contributed by atoms with Crippen LogP contribution in [0.1, 0.15) is 34.5 Å². The molecule has 1 unspecified atom stereocenters. The number of rotatable bonds is 2. The van der Waals surface area contributed by atoms with Crippen LogP contribution in [0.15, 0.2) is 10.9 Å². The summed E-state index contributed by atoms with van der Waals surface area (Å²) in [5, 5.41) is 16.2. The lowest BCUT2D eigenvalue weighted by Crippen LogP contribution is -2.52. The molecule has 0 aromatic carbocycles. The van der Waals surface area contributed by atoms with E-state index in [9.17, 15) is 14.7 Å². The van der Waals surface area contributed by atoms with Crippen LogP contribution in [0.3, 0.4) is 0 Å². The normalized spacial score (nSPS) is 24.9. The Balaban J connectivity index is 0.000000701. The lowest BCUT2D eigenvalue weighted by molar-refractivity contribution is -0.122. The van der Waals surface area contributed by atoms with E-state index < -0.39 is 0 Å². The molecular formula is C17H24N2O6. The monoisotopic (exact) mass is 352 g/mol. The second-order valence-corrected chi connectivity index (χ2v) is 6.44. The Labute approximate surface area is 145 Å². The highest BCUT2D eigenvalue weighted by Crippen LogP contribution is 2.34. The number of aryl methyl sites for hydroxylation is 2. The fourth-order valence-electron chi connectivity index (χ4n) is 3.71. The maximum Gasteiger partial charge on any atom is 0.290 e. The standard InChI is InChI=1S/C16H22N2O4.CH2O2/c1-9-5-10(2)17-15(20)14(9)16(21)18-3-4-22-13-7-11(8-19)6-12(13)18;2-1-3/h5,11-13,19H,3-4,6-8H2,1-2H3,(H,17,20);1H,(H,2,3)/t11-,12+,13?;/m1./s1. The number of morpholine rings is 1. The number of hydrogen-bond donors (Lipinski definition) is 3. The van der Waals surface area contributed by atoms with E-state index in [1.165, 1.54) is 0 Å². The molecule has 2 fully saturated rings. The van der Waals surface area contributed by atoms with Crippen molar-refractivity contribution >= 4 is 12.4 Å². The van der Waals surface area contributed by atoms with Gasteiger partial charge in [0.1, 0.15) is 5.56 Å². The van der Waals surface area contributed by atoms with E-state index in [1.54, 1.807) is 18.7 Å². The van der Waals surface area contributed by atoms with Gasteiger partial charge in [-0.15, -0.1) is 0 Å². The predicted octanol–water partition coefficient (Wildman–Crippen LogP) is 0.304. The molecular weight excluding hydrogens is 328 g/mol. The highest BCUT2D eigenvalue weighted by Gasteiger charge is 2.43. The van der Waals surface area contributed by atoms with E-state index in [2.05, 4.69) is 4.98 Å². The highest BCUT2D eigenvalue weighted by molar-refractivity contribution is 5.95. The van der Waals surface area contributed by atoms with E-state index in [0.29, 0.717) is 18.7 Å². The SMILES string of the molecule is Cc1cc(C)c(C(=O)N2CCOC3C[C@H](CO)C[C@@H]32)c(=O)[nH]1.O=CO. The molecule has 1 aromatic rings. The van der Waals surface area contributed by atoms with E-state index >= 15 is 0 Å². The second-order valence-electron chi connectivity index (χ2n) is 6.44. The molecule has 1 aliphatic carbocycles. The number of carbonyl (C=O) groups is 2. The van der Waals surface area contributed by atoms with Crippen LogP contribution in [-0.2, 0) is 9.53 Å². The van der Waals surface area contributed by atoms with Crippen LogP contribution < -0.4 is 5.56 Å². The summed E-state index contributed by atoms with van der Waals surface area (Å²) in [5.74, 6) is -0.0589. The van der Waals surface area contributed by atoms with Crippen molar-refractivity contribution in [3.8, 4) is 0 Å². The Morgan fingerprint density at radius 1 is 1.44 bits per heavy atom. The molecule has 0 radical (unpaired) electrons. The molecule has 8 nitrogen and oxygen atoms in total. The molecule has 25 heavy (non-hydrogen) atoms. The number of hydrogen-bond acceptors (Lipinski definition) is 5. The van der Waals surface area contributed by atoms with Crippen LogP contribution >= 0.6 is 0 Å². The third kappa shape index (κ3) is 4.08. The molecule has 1 aliphatic heterocycles. The van der Waals surface area contributed by atoms with Gasteiger partial charge in [0.15, 0.2) is 0 Å². The molecule has 2 heterocycles. The molecule has 1 saturated heterocycles. The van der Waals surface area contributed by atoms with Gasteiger partial charge in [-0.1, -0.05) is 0 Å². The van der Waals surface area contributed by atoms with Gasteiger partial charge in [-0.05, 0) is 44.2 Å². The zero-order valence-corrected chi connectivity index (χ0v) is 14.4. The van der Waals surface area contributed by atoms with Crippen LogP contribution in [0.5, 0.6) is 0 Å². The van der Waals surface area contributed by atoms with Crippen LogP contribution in [0.25, 0.3) is 0 Å². The summed E-state index contributed by atoms with van der Waals surface area (Å²) >= 11 is 0. The number of nitrogens with zero attached hydrogens (tertiary/aromatic N) is 1. The third-order valence-corrected chi connectivity index (χ3v) is 4.73. The van der Waals surface area contributed by atoms with Crippen molar-refractivity contribution in [1.29, 1.82) is 0 Å². The van der Waals surface area contributed by atoms with Crippen LogP contribution in [-0.4, -0.2) is 64.4 Å². The molecule has 1 aromatic heterocycles. The van der Waals surface area contributed by atoms with Gasteiger partial charge in [-0.3, -0.25) is 14.4 Å². The molecule has 1 amide bonds. The van der Waals surface area contributed by atoms with E-state index in [-0.39, 0.29) is 48.2 Å². The number of amides is 1. The number of aromatic amines is 1. The molecule has 138 valence electrons. The second kappa shape index (κ2) is 8.26. The van der Waals surface area contributed by atoms with Gasteiger partial charge in [0.2, 0.25) is 0 Å². The van der Waals surface area contributed by atoms with Gasteiger partial charge < -0.3 is 24.8 Å². The van der Waals surface area contributed by atoms with Gasteiger partial charge in [-0.2, -0.15) is 0 Å². The summed E-state index contributed by atoms with van der Waals surface area (Å²) in [5.41, 5.74) is 1.34. The van der Waals surface area contributed by atoms with Crippen molar-refractivity contribution in [3.05, 3.63) is 33.2 Å². The minimum Gasteiger partial charge on any atom is -0.483 e. The Morgan fingerprint density at radius 3 is 2.72 bits per heavy atom. The number of ether oxygens (including phenoxy) is 1. The number of aromatic nitrogens is 1. The minimum atomic E-state index is -0.331. The summed E-state index contributed by atoms with van der Waals surface area (Å²) in [6.45, 7) is 4.43. The first kappa shape index (κ1) is 19.1. The topological polar surface area (TPSA) is 120 Å². The molecule has 0 bridgehead atoms. The summed E-state index contributed by atoms with van der Waals surface area (Å²) < 4.78 is 5.74. The summed E-state index contributed by atoms with van der Waals surface area (Å²) in [6, 6.07) is 1.77. The summed E-state index contributed by atoms with van der Waals surface area (Å²) in [7, 11) is 0. The number of aliphatic hydroxyl groups is 1. The smallest absolute Gasteiger partial charge is 0.290 e. The number of carboxylic acid groups (broad SMARTS) is 1. The Hall–Kier alpha value is -2.19. The Morgan fingerprint density at radius 2 is 2.12 bits per heavy atom. The molecule has 3 atom stereocenters. The maximum atomic E-state index is 12.9. The van der Waals surface area contributed by atoms with Crippen molar-refractivity contribution in [1.82, 2.24) is 9.88 Å². The van der Waals surface area contributed by atoms with Crippen LogP contribution in [0, 0.1) is 19.8 Å². The molecule has 3 rings (SSSR count). The number of pyridine rings is 1. The Bertz CT molecular complexity index is 686. The minimum absolute atomic E-state index is 0.0281. The van der Waals surface area contributed by atoms with Gasteiger partial charge >= 0.3 is 0 Å². The van der Waals surface area contributed by atoms with Gasteiger partial charge in [0, 0.05) is 18.8 Å². The zero-order valence-electron chi connectivity index (χ0n) is 14.4. The summed E-state index contributed by atoms with van der Waals surface area (Å²) in [6.07, 6.45) is 1.48. The largest absolute Gasteiger partial charge is 0.483 e. The zero-order chi connectivity index (χ0) is 18.6. The predicted molar refractivity (Wildman–Crippen MR) is 89.6 cm³/mol. The number of nitrogens with one attached hydrogen (secondary N) is 1. The maximum absolute atomic E-state index is 12.9. The van der Waals surface area contributed by atoms with Gasteiger partial charge in [0.25, 0.3) is 17.9 Å². The van der Waals surface area contributed by atoms with Gasteiger partial charge in [0.05, 0.1) is 18.8 Å². The number of carbonyl (C=O) groups excluding carboxylic acids is 1. The number of aliphatic hydroxyl groups excluding tert-OH is 1. The number of fused-ring (bicyclic) bond motifs is 1. The first-order valence-electron chi connectivity index (χ1n) is 8.24. The van der Waals surface area contributed by atoms with Crippen molar-refractivity contribution in [3.63, 3.8) is 0 Å². The molecule has 0 spiro atoms. The third-order valence-electron chi connectivity index (χ3n) is 4.73. The summed E-state index contributed by atoms with van der Waals surface area (Å²) in [4.78, 5) is 37.9. The lowest BCUT2D eigenvalue weighted by atomic mass is 10.0. The first-order chi connectivity index (χ1) is 11.9. The fourth-order valence-corrected chi connectivity index (χ4v) is 3.71. The average Bonchev–Trinajstić information content (AvgIpc) is 2.97. The quantitative estimate of drug-likeness (QED) is 0.659. The number of H-pyrrole nitrogens is 1. The molecule has 1 saturated carbocycles. The van der Waals surface area contributed by atoms with Crippen molar-refractivity contribution in [2.75, 3.05) is 19.8 Å². The van der Waals surface area contributed by atoms with E-state index in [4.69, 9.17) is 14.6 Å². The van der Waals surface area contributed by atoms with E-state index in [0.717, 1.165) is 18.5 Å². The molecule has 3 N–H and O–H groups in total. The Kier molecular flexibility index (Phi) is 6.33.